The van der Waals surface area contributed by atoms with E-state index in [9.17, 15) is 14.7 Å². The molecule has 16 heavy (non-hydrogen) atoms. The third-order valence-electron chi connectivity index (χ3n) is 1.65. The number of carboxylic acid groups (broad SMARTS) is 1. The minimum atomic E-state index is -1.13. The zero-order valence-electron chi connectivity index (χ0n) is 8.04. The molecule has 2 amide bonds. The molecule has 7 nitrogen and oxygen atoms in total. The summed E-state index contributed by atoms with van der Waals surface area (Å²) in [7, 11) is 0. The smallest absolute Gasteiger partial charge is 0.335 e. The lowest BCUT2D eigenvalue weighted by atomic mass is 10.1. The molecule has 0 aliphatic carbocycles. The minimum Gasteiger partial charge on any atom is -0.507 e. The number of nitrogens with one attached hydrogen (secondary N) is 1. The van der Waals surface area contributed by atoms with Crippen molar-refractivity contribution in [2.75, 3.05) is 0 Å². The molecule has 0 saturated heterocycles. The number of hydrogen-bond donors (Lipinski definition) is 4. The molecule has 0 bridgehead atoms. The summed E-state index contributed by atoms with van der Waals surface area (Å²) < 4.78 is 0. The Morgan fingerprint density at radius 1 is 1.44 bits per heavy atom. The maximum atomic E-state index is 10.6. The second kappa shape index (κ2) is 4.78. The monoisotopic (exact) mass is 223 g/mol. The SMILES string of the molecule is NC(=O)NN=Cc1cc(C(=O)O)ccc1O. The van der Waals surface area contributed by atoms with Gasteiger partial charge < -0.3 is 15.9 Å². The summed E-state index contributed by atoms with van der Waals surface area (Å²) in [5.41, 5.74) is 6.83. The maximum absolute atomic E-state index is 10.6. The summed E-state index contributed by atoms with van der Waals surface area (Å²) >= 11 is 0. The Morgan fingerprint density at radius 3 is 2.69 bits per heavy atom. The van der Waals surface area contributed by atoms with Crippen LogP contribution in [0.15, 0.2) is 23.3 Å². The van der Waals surface area contributed by atoms with E-state index in [1.807, 2.05) is 5.43 Å². The second-order valence-corrected chi connectivity index (χ2v) is 2.81. The first kappa shape index (κ1) is 11.5. The van der Waals surface area contributed by atoms with Crippen LogP contribution in [0.2, 0.25) is 0 Å². The quantitative estimate of drug-likeness (QED) is 0.428. The van der Waals surface area contributed by atoms with Gasteiger partial charge in [0.1, 0.15) is 5.75 Å². The highest BCUT2D eigenvalue weighted by Gasteiger charge is 2.06. The van der Waals surface area contributed by atoms with Crippen molar-refractivity contribution in [2.45, 2.75) is 0 Å². The fourth-order valence-corrected chi connectivity index (χ4v) is 0.956. The highest BCUT2D eigenvalue weighted by Crippen LogP contribution is 2.16. The lowest BCUT2D eigenvalue weighted by molar-refractivity contribution is 0.0697. The van der Waals surface area contributed by atoms with Crippen molar-refractivity contribution in [1.82, 2.24) is 5.43 Å². The van der Waals surface area contributed by atoms with Gasteiger partial charge in [-0.3, -0.25) is 0 Å². The third kappa shape index (κ3) is 2.98. The molecule has 7 heteroatoms. The number of rotatable bonds is 3. The van der Waals surface area contributed by atoms with Gasteiger partial charge in [0.15, 0.2) is 0 Å². The molecule has 0 heterocycles. The molecule has 84 valence electrons. The Balaban J connectivity index is 2.94. The number of benzene rings is 1. The van der Waals surface area contributed by atoms with Crippen LogP contribution >= 0.6 is 0 Å². The van der Waals surface area contributed by atoms with Crippen molar-refractivity contribution in [3.05, 3.63) is 29.3 Å². The summed E-state index contributed by atoms with van der Waals surface area (Å²) in [5, 5.41) is 21.5. The zero-order chi connectivity index (χ0) is 12.1. The molecular formula is C9H9N3O4. The molecule has 1 aromatic carbocycles. The Kier molecular flexibility index (Phi) is 3.44. The Hall–Kier alpha value is -2.57. The molecule has 0 fully saturated rings. The number of hydrogen-bond acceptors (Lipinski definition) is 4. The van der Waals surface area contributed by atoms with Gasteiger partial charge in [0.25, 0.3) is 0 Å². The van der Waals surface area contributed by atoms with E-state index < -0.39 is 12.0 Å². The average molecular weight is 223 g/mol. The molecule has 0 saturated carbocycles. The van der Waals surface area contributed by atoms with Crippen LogP contribution in [-0.2, 0) is 0 Å². The maximum Gasteiger partial charge on any atom is 0.335 e. The average Bonchev–Trinajstić information content (AvgIpc) is 2.20. The van der Waals surface area contributed by atoms with Crippen LogP contribution in [0.1, 0.15) is 15.9 Å². The molecular weight excluding hydrogens is 214 g/mol. The Morgan fingerprint density at radius 2 is 2.12 bits per heavy atom. The molecule has 5 N–H and O–H groups in total. The van der Waals surface area contributed by atoms with Gasteiger partial charge in [-0.15, -0.1) is 0 Å². The second-order valence-electron chi connectivity index (χ2n) is 2.81. The lowest BCUT2D eigenvalue weighted by Crippen LogP contribution is -2.24. The fraction of sp³-hybridized carbons (Fsp3) is 0. The number of phenolic OH excluding ortho intramolecular Hbond substituents is 1. The third-order valence-corrected chi connectivity index (χ3v) is 1.65. The number of nitrogens with two attached hydrogens (primary N) is 1. The summed E-state index contributed by atoms with van der Waals surface area (Å²) in [6.07, 6.45) is 1.09. The Bertz CT molecular complexity index is 456. The highest BCUT2D eigenvalue weighted by atomic mass is 16.4. The molecule has 0 unspecified atom stereocenters. The van der Waals surface area contributed by atoms with Gasteiger partial charge in [-0.25, -0.2) is 15.0 Å². The van der Waals surface area contributed by atoms with Gasteiger partial charge in [-0.1, -0.05) is 0 Å². The van der Waals surface area contributed by atoms with Gasteiger partial charge in [0, 0.05) is 5.56 Å². The van der Waals surface area contributed by atoms with E-state index in [0.29, 0.717) is 0 Å². The minimum absolute atomic E-state index is 0.00155. The number of aromatic carboxylic acids is 1. The molecule has 1 rings (SSSR count). The van der Waals surface area contributed by atoms with Crippen molar-refractivity contribution in [1.29, 1.82) is 0 Å². The number of hydrazone groups is 1. The van der Waals surface area contributed by atoms with Gasteiger partial charge in [-0.2, -0.15) is 5.10 Å². The normalized spacial score (nSPS) is 10.2. The van der Waals surface area contributed by atoms with Gasteiger partial charge in [0.05, 0.1) is 11.8 Å². The van der Waals surface area contributed by atoms with Crippen molar-refractivity contribution in [3.8, 4) is 5.75 Å². The van der Waals surface area contributed by atoms with Crippen LogP contribution in [0.5, 0.6) is 5.75 Å². The summed E-state index contributed by atoms with van der Waals surface area (Å²) in [6.45, 7) is 0. The first-order valence-corrected chi connectivity index (χ1v) is 4.15. The number of nitrogens with zero attached hydrogens (tertiary/aromatic N) is 1. The predicted molar refractivity (Wildman–Crippen MR) is 55.4 cm³/mol. The molecule has 0 aliphatic heterocycles. The van der Waals surface area contributed by atoms with Gasteiger partial charge >= 0.3 is 12.0 Å². The van der Waals surface area contributed by atoms with E-state index in [0.717, 1.165) is 6.21 Å². The van der Waals surface area contributed by atoms with Crippen LogP contribution in [0.4, 0.5) is 4.79 Å². The van der Waals surface area contributed by atoms with Crippen LogP contribution in [0.25, 0.3) is 0 Å². The number of carboxylic acids is 1. The van der Waals surface area contributed by atoms with Crippen molar-refractivity contribution < 1.29 is 19.8 Å². The number of phenols is 1. The number of aromatic hydroxyl groups is 1. The lowest BCUT2D eigenvalue weighted by Gasteiger charge is -2.00. The van der Waals surface area contributed by atoms with Gasteiger partial charge in [0.2, 0.25) is 0 Å². The summed E-state index contributed by atoms with van der Waals surface area (Å²) in [6, 6.07) is 2.82. The number of urea groups is 1. The molecule has 0 atom stereocenters. The Labute approximate surface area is 90.2 Å². The van der Waals surface area contributed by atoms with Crippen LogP contribution in [0, 0.1) is 0 Å². The highest BCUT2D eigenvalue weighted by molar-refractivity contribution is 5.92. The van der Waals surface area contributed by atoms with E-state index in [2.05, 4.69) is 5.10 Å². The van der Waals surface area contributed by atoms with E-state index in [4.69, 9.17) is 10.8 Å². The standard InChI is InChI=1S/C9H9N3O4/c10-9(16)12-11-4-6-3-5(8(14)15)1-2-7(6)13/h1-4,13H,(H,14,15)(H3,10,12,16). The number of primary amides is 1. The molecule has 0 aromatic heterocycles. The zero-order valence-corrected chi connectivity index (χ0v) is 8.04. The summed E-state index contributed by atoms with van der Waals surface area (Å²) in [4.78, 5) is 20.9. The number of carbonyl (C=O) groups is 2. The fourth-order valence-electron chi connectivity index (χ4n) is 0.956. The number of carbonyl (C=O) groups excluding carboxylic acids is 1. The molecule has 0 aliphatic rings. The van der Waals surface area contributed by atoms with Crippen molar-refractivity contribution >= 4 is 18.2 Å². The van der Waals surface area contributed by atoms with Crippen LogP contribution in [0.3, 0.4) is 0 Å². The van der Waals surface area contributed by atoms with Crippen LogP contribution in [-0.4, -0.2) is 28.4 Å². The summed E-state index contributed by atoms with van der Waals surface area (Å²) in [5.74, 6) is -1.28. The molecule has 0 spiro atoms. The van der Waals surface area contributed by atoms with E-state index in [1.165, 1.54) is 18.2 Å². The van der Waals surface area contributed by atoms with Crippen LogP contribution < -0.4 is 11.2 Å². The van der Waals surface area contributed by atoms with E-state index in [1.54, 1.807) is 0 Å². The van der Waals surface area contributed by atoms with E-state index >= 15 is 0 Å². The molecule has 0 radical (unpaired) electrons. The predicted octanol–water partition coefficient (Wildman–Crippen LogP) is 0.0926. The van der Waals surface area contributed by atoms with Gasteiger partial charge in [-0.05, 0) is 18.2 Å². The largest absolute Gasteiger partial charge is 0.507 e. The first-order chi connectivity index (χ1) is 7.50. The molecule has 1 aromatic rings. The number of amides is 2. The first-order valence-electron chi connectivity index (χ1n) is 4.15. The van der Waals surface area contributed by atoms with E-state index in [-0.39, 0.29) is 16.9 Å². The van der Waals surface area contributed by atoms with Crippen molar-refractivity contribution in [3.63, 3.8) is 0 Å². The topological polar surface area (TPSA) is 125 Å². The van der Waals surface area contributed by atoms with Crippen molar-refractivity contribution in [2.24, 2.45) is 10.8 Å².